The molecule has 1 aliphatic heterocycles. The standard InChI is InChI=1S/C28H24F3N3O3S/c1-18(2)20-14-12-19(13-15-20)16-23-26(36)34(21-8-4-3-5-9-21)27(33-23)38-17-25(35)32-22-10-6-7-11-24(22)37-28(29,30)31/h3-16,18H,17H2,1-2H3,(H,32,35)/b23-16+. The van der Waals surface area contributed by atoms with Crippen molar-refractivity contribution in [2.45, 2.75) is 26.1 Å². The molecule has 0 fully saturated rings. The number of carbonyl (C=O) groups is 2. The van der Waals surface area contributed by atoms with Crippen molar-refractivity contribution in [3.8, 4) is 5.75 Å². The summed E-state index contributed by atoms with van der Waals surface area (Å²) in [7, 11) is 0. The maximum atomic E-state index is 13.3. The average Bonchev–Trinajstić information content (AvgIpc) is 3.18. The first kappa shape index (κ1) is 27.0. The molecular weight excluding hydrogens is 515 g/mol. The van der Waals surface area contributed by atoms with Gasteiger partial charge in [0.15, 0.2) is 10.9 Å². The van der Waals surface area contributed by atoms with E-state index in [0.29, 0.717) is 11.6 Å². The third kappa shape index (κ3) is 6.83. The number of para-hydroxylation sites is 3. The van der Waals surface area contributed by atoms with Crippen molar-refractivity contribution in [2.75, 3.05) is 16.0 Å². The van der Waals surface area contributed by atoms with Crippen LogP contribution in [0.25, 0.3) is 6.08 Å². The molecule has 196 valence electrons. The van der Waals surface area contributed by atoms with E-state index in [4.69, 9.17) is 0 Å². The monoisotopic (exact) mass is 539 g/mol. The van der Waals surface area contributed by atoms with Crippen molar-refractivity contribution < 1.29 is 27.5 Å². The highest BCUT2D eigenvalue weighted by Gasteiger charge is 2.33. The molecule has 0 radical (unpaired) electrons. The fraction of sp³-hybridized carbons (Fsp3) is 0.179. The molecule has 38 heavy (non-hydrogen) atoms. The summed E-state index contributed by atoms with van der Waals surface area (Å²) in [6.45, 7) is 4.19. The molecule has 1 aliphatic rings. The molecule has 0 saturated heterocycles. The van der Waals surface area contributed by atoms with Crippen LogP contribution in [0.2, 0.25) is 0 Å². The molecule has 2 amide bonds. The van der Waals surface area contributed by atoms with E-state index >= 15 is 0 Å². The quantitative estimate of drug-likeness (QED) is 0.335. The molecule has 1 heterocycles. The molecule has 10 heteroatoms. The van der Waals surface area contributed by atoms with E-state index in [9.17, 15) is 22.8 Å². The van der Waals surface area contributed by atoms with Crippen LogP contribution < -0.4 is 15.0 Å². The lowest BCUT2D eigenvalue weighted by molar-refractivity contribution is -0.274. The SMILES string of the molecule is CC(C)c1ccc(/C=C2/N=C(SCC(=O)Nc3ccccc3OC(F)(F)F)N(c3ccccc3)C2=O)cc1. The topological polar surface area (TPSA) is 71.0 Å². The molecule has 1 N–H and O–H groups in total. The lowest BCUT2D eigenvalue weighted by Crippen LogP contribution is -2.31. The van der Waals surface area contributed by atoms with Gasteiger partial charge in [-0.1, -0.05) is 80.2 Å². The van der Waals surface area contributed by atoms with E-state index in [-0.39, 0.29) is 28.2 Å². The van der Waals surface area contributed by atoms with Crippen molar-refractivity contribution in [2.24, 2.45) is 4.99 Å². The second-order valence-electron chi connectivity index (χ2n) is 8.60. The Morgan fingerprint density at radius 3 is 2.34 bits per heavy atom. The van der Waals surface area contributed by atoms with Gasteiger partial charge in [0.25, 0.3) is 5.91 Å². The van der Waals surface area contributed by atoms with Gasteiger partial charge in [-0.2, -0.15) is 0 Å². The first-order valence-corrected chi connectivity index (χ1v) is 12.7. The molecule has 0 atom stereocenters. The Balaban J connectivity index is 1.53. The predicted molar refractivity (Wildman–Crippen MR) is 144 cm³/mol. The van der Waals surface area contributed by atoms with E-state index in [0.717, 1.165) is 23.4 Å². The van der Waals surface area contributed by atoms with Crippen LogP contribution in [0.3, 0.4) is 0 Å². The van der Waals surface area contributed by atoms with Gasteiger partial charge in [0.2, 0.25) is 5.91 Å². The third-order valence-electron chi connectivity index (χ3n) is 5.47. The number of benzene rings is 3. The number of anilines is 2. The van der Waals surface area contributed by atoms with E-state index in [1.807, 2.05) is 30.3 Å². The van der Waals surface area contributed by atoms with Crippen LogP contribution in [0.5, 0.6) is 5.75 Å². The van der Waals surface area contributed by atoms with Gasteiger partial charge in [-0.3, -0.25) is 14.5 Å². The van der Waals surface area contributed by atoms with Crippen LogP contribution in [-0.2, 0) is 9.59 Å². The summed E-state index contributed by atoms with van der Waals surface area (Å²) in [5.74, 6) is -1.29. The third-order valence-corrected chi connectivity index (χ3v) is 6.41. The molecular formula is C28H24F3N3O3S. The maximum absolute atomic E-state index is 13.3. The number of nitrogens with zero attached hydrogens (tertiary/aromatic N) is 2. The maximum Gasteiger partial charge on any atom is 0.573 e. The second-order valence-corrected chi connectivity index (χ2v) is 9.54. The van der Waals surface area contributed by atoms with Gasteiger partial charge >= 0.3 is 6.36 Å². The van der Waals surface area contributed by atoms with Gasteiger partial charge in [-0.25, -0.2) is 4.99 Å². The summed E-state index contributed by atoms with van der Waals surface area (Å²) in [5.41, 5.74) is 2.64. The zero-order chi connectivity index (χ0) is 27.3. The van der Waals surface area contributed by atoms with Gasteiger partial charge in [0.1, 0.15) is 5.70 Å². The molecule has 6 nitrogen and oxygen atoms in total. The molecule has 3 aromatic rings. The number of nitrogens with one attached hydrogen (secondary N) is 1. The summed E-state index contributed by atoms with van der Waals surface area (Å²) >= 11 is 0.997. The largest absolute Gasteiger partial charge is 0.573 e. The van der Waals surface area contributed by atoms with Gasteiger partial charge in [0, 0.05) is 0 Å². The number of amides is 2. The molecule has 0 aromatic heterocycles. The Hall–Kier alpha value is -4.05. The molecule has 0 unspecified atom stereocenters. The second kappa shape index (κ2) is 11.6. The van der Waals surface area contributed by atoms with E-state index in [1.54, 1.807) is 30.3 Å². The number of amidine groups is 1. The summed E-state index contributed by atoms with van der Waals surface area (Å²) < 4.78 is 42.1. The molecule has 0 saturated carbocycles. The number of ether oxygens (including phenoxy) is 1. The molecule has 0 spiro atoms. The van der Waals surface area contributed by atoms with E-state index in [1.165, 1.54) is 28.7 Å². The molecule has 0 bridgehead atoms. The number of halogens is 3. The number of hydrogen-bond donors (Lipinski definition) is 1. The normalized spacial score (nSPS) is 14.7. The Morgan fingerprint density at radius 2 is 1.68 bits per heavy atom. The Bertz CT molecular complexity index is 1370. The van der Waals surface area contributed by atoms with Crippen LogP contribution in [0.1, 0.15) is 30.9 Å². The van der Waals surface area contributed by atoms with E-state index < -0.39 is 18.0 Å². The number of hydrogen-bond acceptors (Lipinski definition) is 5. The van der Waals surface area contributed by atoms with Gasteiger partial charge in [0.05, 0.1) is 17.1 Å². The summed E-state index contributed by atoms with van der Waals surface area (Å²) in [6, 6.07) is 22.0. The lowest BCUT2D eigenvalue weighted by Gasteiger charge is -2.18. The fourth-order valence-electron chi connectivity index (χ4n) is 3.63. The Labute approximate surface area is 222 Å². The van der Waals surface area contributed by atoms with Crippen molar-refractivity contribution in [1.29, 1.82) is 0 Å². The first-order chi connectivity index (χ1) is 18.1. The Morgan fingerprint density at radius 1 is 1.03 bits per heavy atom. The number of alkyl halides is 3. The zero-order valence-electron chi connectivity index (χ0n) is 20.5. The summed E-state index contributed by atoms with van der Waals surface area (Å²) in [4.78, 5) is 31.8. The molecule has 3 aromatic carbocycles. The van der Waals surface area contributed by atoms with Crippen LogP contribution in [0, 0.1) is 0 Å². The van der Waals surface area contributed by atoms with E-state index in [2.05, 4.69) is 28.9 Å². The fourth-order valence-corrected chi connectivity index (χ4v) is 4.45. The van der Waals surface area contributed by atoms with Crippen molar-refractivity contribution >= 4 is 46.2 Å². The number of aliphatic imine (C=N–C) groups is 1. The highest BCUT2D eigenvalue weighted by molar-refractivity contribution is 8.14. The average molecular weight is 540 g/mol. The van der Waals surface area contributed by atoms with Gasteiger partial charge < -0.3 is 10.1 Å². The zero-order valence-corrected chi connectivity index (χ0v) is 21.3. The smallest absolute Gasteiger partial charge is 0.404 e. The first-order valence-electron chi connectivity index (χ1n) is 11.7. The van der Waals surface area contributed by atoms with Crippen LogP contribution >= 0.6 is 11.8 Å². The van der Waals surface area contributed by atoms with Gasteiger partial charge in [-0.05, 0) is 47.4 Å². The predicted octanol–water partition coefficient (Wildman–Crippen LogP) is 6.82. The van der Waals surface area contributed by atoms with Crippen molar-refractivity contribution in [3.05, 3.63) is 95.7 Å². The van der Waals surface area contributed by atoms with Crippen LogP contribution in [-0.4, -0.2) is 29.1 Å². The Kier molecular flexibility index (Phi) is 8.21. The minimum Gasteiger partial charge on any atom is -0.404 e. The minimum absolute atomic E-state index is 0.120. The number of rotatable bonds is 7. The van der Waals surface area contributed by atoms with Crippen LogP contribution in [0.15, 0.2) is 89.6 Å². The lowest BCUT2D eigenvalue weighted by atomic mass is 10.0. The van der Waals surface area contributed by atoms with Crippen molar-refractivity contribution in [1.82, 2.24) is 0 Å². The molecule has 4 rings (SSSR count). The van der Waals surface area contributed by atoms with Crippen LogP contribution in [0.4, 0.5) is 24.5 Å². The molecule has 0 aliphatic carbocycles. The minimum atomic E-state index is -4.90. The number of carbonyl (C=O) groups excluding carboxylic acids is 2. The van der Waals surface area contributed by atoms with Gasteiger partial charge in [-0.15, -0.1) is 13.2 Å². The van der Waals surface area contributed by atoms with Crippen molar-refractivity contribution in [3.63, 3.8) is 0 Å². The summed E-state index contributed by atoms with van der Waals surface area (Å²) in [5, 5.41) is 2.71. The summed E-state index contributed by atoms with van der Waals surface area (Å²) in [6.07, 6.45) is -3.22. The highest BCUT2D eigenvalue weighted by Crippen LogP contribution is 2.32. The number of thioether (sulfide) groups is 1. The highest BCUT2D eigenvalue weighted by atomic mass is 32.2.